The molecule has 0 bridgehead atoms. The second kappa shape index (κ2) is 6.09. The van der Waals surface area contributed by atoms with E-state index in [-0.39, 0.29) is 11.8 Å². The average molecular weight is 259 g/mol. The van der Waals surface area contributed by atoms with Gasteiger partial charge in [0.15, 0.2) is 0 Å². The Morgan fingerprint density at radius 1 is 1.65 bits per heavy atom. The summed E-state index contributed by atoms with van der Waals surface area (Å²) < 4.78 is 0. The van der Waals surface area contributed by atoms with Crippen molar-refractivity contribution in [2.24, 2.45) is 0 Å². The summed E-state index contributed by atoms with van der Waals surface area (Å²) >= 11 is 1.50. The molecule has 1 heterocycles. The van der Waals surface area contributed by atoms with Crippen LogP contribution >= 0.6 is 11.8 Å². The number of rotatable bonds is 6. The first-order chi connectivity index (χ1) is 8.04. The lowest BCUT2D eigenvalue weighted by Crippen LogP contribution is -2.41. The van der Waals surface area contributed by atoms with Gasteiger partial charge in [0, 0.05) is 0 Å². The van der Waals surface area contributed by atoms with Crippen LogP contribution in [0.4, 0.5) is 5.95 Å². The lowest BCUT2D eigenvalue weighted by atomic mass is 10.2. The maximum atomic E-state index is 11.6. The predicted molar refractivity (Wildman–Crippen MR) is 62.7 cm³/mol. The minimum Gasteiger partial charge on any atom is -0.480 e. The van der Waals surface area contributed by atoms with Crippen LogP contribution in [0.1, 0.15) is 17.0 Å². The van der Waals surface area contributed by atoms with E-state index < -0.39 is 17.9 Å². The lowest BCUT2D eigenvalue weighted by molar-refractivity contribution is -0.139. The van der Waals surface area contributed by atoms with Crippen LogP contribution in [0.3, 0.4) is 0 Å². The molecule has 1 aromatic rings. The van der Waals surface area contributed by atoms with Crippen molar-refractivity contribution in [3.05, 3.63) is 5.82 Å². The highest BCUT2D eigenvalue weighted by Gasteiger charge is 2.21. The molecule has 17 heavy (non-hydrogen) atoms. The van der Waals surface area contributed by atoms with E-state index in [1.165, 1.54) is 11.8 Å². The fraction of sp³-hybridized carbons (Fsp3) is 0.500. The molecule has 0 aliphatic carbocycles. The SMILES string of the molecule is CSCC[C@@H](NC(=O)c1nc(N)n[nH]1)C(=O)O. The number of hydrogen-bond donors (Lipinski definition) is 4. The van der Waals surface area contributed by atoms with Crippen molar-refractivity contribution >= 4 is 29.6 Å². The first-order valence-electron chi connectivity index (χ1n) is 4.75. The molecule has 0 aromatic carbocycles. The third-order valence-electron chi connectivity index (χ3n) is 1.93. The lowest BCUT2D eigenvalue weighted by Gasteiger charge is -2.12. The molecule has 0 aliphatic rings. The topological polar surface area (TPSA) is 134 Å². The number of nitrogens with two attached hydrogens (primary N) is 1. The van der Waals surface area contributed by atoms with E-state index in [0.29, 0.717) is 12.2 Å². The normalized spacial score (nSPS) is 12.1. The summed E-state index contributed by atoms with van der Waals surface area (Å²) in [5.74, 6) is -1.25. The van der Waals surface area contributed by atoms with E-state index >= 15 is 0 Å². The molecule has 94 valence electrons. The number of nitrogens with one attached hydrogen (secondary N) is 2. The molecule has 1 rings (SSSR count). The van der Waals surface area contributed by atoms with Gasteiger partial charge in [0.05, 0.1) is 0 Å². The van der Waals surface area contributed by atoms with Gasteiger partial charge < -0.3 is 16.2 Å². The molecule has 0 fully saturated rings. The van der Waals surface area contributed by atoms with Gasteiger partial charge in [0.2, 0.25) is 11.8 Å². The molecule has 1 atom stereocenters. The Hall–Kier alpha value is -1.77. The molecule has 0 radical (unpaired) electrons. The molecule has 1 amide bonds. The molecule has 0 saturated heterocycles. The van der Waals surface area contributed by atoms with Crippen LogP contribution in [0.25, 0.3) is 0 Å². The third kappa shape index (κ3) is 3.94. The Morgan fingerprint density at radius 2 is 2.35 bits per heavy atom. The zero-order valence-corrected chi connectivity index (χ0v) is 9.95. The number of carboxylic acids is 1. The zero-order chi connectivity index (χ0) is 12.8. The summed E-state index contributed by atoms with van der Waals surface area (Å²) in [7, 11) is 0. The number of thioether (sulfide) groups is 1. The molecule has 8 nitrogen and oxygen atoms in total. The van der Waals surface area contributed by atoms with Gasteiger partial charge in [-0.05, 0) is 18.4 Å². The number of aromatic amines is 1. The molecule has 0 unspecified atom stereocenters. The first-order valence-corrected chi connectivity index (χ1v) is 6.14. The van der Waals surface area contributed by atoms with Gasteiger partial charge in [-0.25, -0.2) is 4.79 Å². The Bertz CT molecular complexity index is 408. The molecule has 1 aromatic heterocycles. The van der Waals surface area contributed by atoms with Crippen LogP contribution in [0.15, 0.2) is 0 Å². The maximum Gasteiger partial charge on any atom is 0.326 e. The van der Waals surface area contributed by atoms with Crippen molar-refractivity contribution in [1.82, 2.24) is 20.5 Å². The highest BCUT2D eigenvalue weighted by Crippen LogP contribution is 2.02. The van der Waals surface area contributed by atoms with Crippen LogP contribution < -0.4 is 11.1 Å². The van der Waals surface area contributed by atoms with Gasteiger partial charge in [-0.15, -0.1) is 5.10 Å². The Balaban J connectivity index is 2.60. The van der Waals surface area contributed by atoms with E-state index in [4.69, 9.17) is 10.8 Å². The van der Waals surface area contributed by atoms with Crippen LogP contribution in [0.5, 0.6) is 0 Å². The number of carbonyl (C=O) groups excluding carboxylic acids is 1. The van der Waals surface area contributed by atoms with Gasteiger partial charge in [-0.3, -0.25) is 9.89 Å². The van der Waals surface area contributed by atoms with Gasteiger partial charge in [-0.2, -0.15) is 16.7 Å². The van der Waals surface area contributed by atoms with Crippen molar-refractivity contribution in [2.75, 3.05) is 17.7 Å². The minimum atomic E-state index is -1.08. The molecular weight excluding hydrogens is 246 g/mol. The van der Waals surface area contributed by atoms with E-state index in [1.54, 1.807) is 0 Å². The smallest absolute Gasteiger partial charge is 0.326 e. The van der Waals surface area contributed by atoms with Gasteiger partial charge in [0.1, 0.15) is 6.04 Å². The number of aromatic nitrogens is 3. The molecular formula is C8H13N5O3S. The highest BCUT2D eigenvalue weighted by molar-refractivity contribution is 7.98. The summed E-state index contributed by atoms with van der Waals surface area (Å²) in [4.78, 5) is 26.1. The standard InChI is InChI=1S/C8H13N5O3S/c1-17-3-2-4(7(15)16)10-6(14)5-11-8(9)13-12-5/h4H,2-3H2,1H3,(H,10,14)(H,15,16)(H3,9,11,12,13)/t4-/m1/s1. The van der Waals surface area contributed by atoms with Crippen LogP contribution in [0.2, 0.25) is 0 Å². The van der Waals surface area contributed by atoms with Crippen molar-refractivity contribution < 1.29 is 14.7 Å². The van der Waals surface area contributed by atoms with E-state index in [9.17, 15) is 9.59 Å². The zero-order valence-electron chi connectivity index (χ0n) is 9.14. The predicted octanol–water partition coefficient (Wildman–Crippen LogP) is -0.677. The number of amides is 1. The van der Waals surface area contributed by atoms with E-state index in [0.717, 1.165) is 0 Å². The minimum absolute atomic E-state index is 0.0638. The number of H-pyrrole nitrogens is 1. The summed E-state index contributed by atoms with van der Waals surface area (Å²) in [5.41, 5.74) is 5.23. The van der Waals surface area contributed by atoms with E-state index in [2.05, 4.69) is 20.5 Å². The summed E-state index contributed by atoms with van der Waals surface area (Å²) in [6.45, 7) is 0. The van der Waals surface area contributed by atoms with Gasteiger partial charge in [-0.1, -0.05) is 0 Å². The Labute approximate surface area is 101 Å². The summed E-state index contributed by atoms with van der Waals surface area (Å²) in [6.07, 6.45) is 2.20. The monoisotopic (exact) mass is 259 g/mol. The van der Waals surface area contributed by atoms with Crippen molar-refractivity contribution in [3.63, 3.8) is 0 Å². The first kappa shape index (κ1) is 13.3. The van der Waals surface area contributed by atoms with Gasteiger partial charge in [0.25, 0.3) is 5.91 Å². The average Bonchev–Trinajstić information content (AvgIpc) is 2.70. The fourth-order valence-electron chi connectivity index (χ4n) is 1.10. The number of aliphatic carboxylic acids is 1. The van der Waals surface area contributed by atoms with Crippen molar-refractivity contribution in [2.45, 2.75) is 12.5 Å². The molecule has 0 aliphatic heterocycles. The quantitative estimate of drug-likeness (QED) is 0.531. The third-order valence-corrected chi connectivity index (χ3v) is 2.58. The molecule has 0 spiro atoms. The Morgan fingerprint density at radius 3 is 2.82 bits per heavy atom. The molecule has 5 N–H and O–H groups in total. The Kier molecular flexibility index (Phi) is 4.76. The fourth-order valence-corrected chi connectivity index (χ4v) is 1.57. The van der Waals surface area contributed by atoms with Crippen LogP contribution in [-0.2, 0) is 4.79 Å². The molecule has 0 saturated carbocycles. The number of anilines is 1. The summed E-state index contributed by atoms with van der Waals surface area (Å²) in [6, 6.07) is -0.943. The van der Waals surface area contributed by atoms with E-state index in [1.807, 2.05) is 6.26 Å². The maximum absolute atomic E-state index is 11.6. The summed E-state index contributed by atoms with van der Waals surface area (Å²) in [5, 5.41) is 17.0. The second-order valence-electron chi connectivity index (χ2n) is 3.19. The number of carboxylic acid groups (broad SMARTS) is 1. The highest BCUT2D eigenvalue weighted by atomic mass is 32.2. The van der Waals surface area contributed by atoms with Crippen LogP contribution in [-0.4, -0.2) is 50.2 Å². The number of hydrogen-bond acceptors (Lipinski definition) is 6. The number of nitrogen functional groups attached to an aromatic ring is 1. The molecule has 9 heteroatoms. The van der Waals surface area contributed by atoms with Crippen molar-refractivity contribution in [1.29, 1.82) is 0 Å². The number of nitrogens with zero attached hydrogens (tertiary/aromatic N) is 2. The van der Waals surface area contributed by atoms with Crippen LogP contribution in [0, 0.1) is 0 Å². The van der Waals surface area contributed by atoms with Gasteiger partial charge >= 0.3 is 5.97 Å². The van der Waals surface area contributed by atoms with Crippen molar-refractivity contribution in [3.8, 4) is 0 Å². The number of carbonyl (C=O) groups is 2. The second-order valence-corrected chi connectivity index (χ2v) is 4.17. The largest absolute Gasteiger partial charge is 0.480 e.